The van der Waals surface area contributed by atoms with Gasteiger partial charge in [-0.3, -0.25) is 14.4 Å². The molecule has 7 heteroatoms. The van der Waals surface area contributed by atoms with Gasteiger partial charge in [0.2, 0.25) is 0 Å². The minimum atomic E-state index is -0.689. The Morgan fingerprint density at radius 1 is 0.742 bits per heavy atom. The molecule has 0 aromatic heterocycles. The summed E-state index contributed by atoms with van der Waals surface area (Å²) in [6, 6.07) is 21.9. The lowest BCUT2D eigenvalue weighted by molar-refractivity contribution is -0.112. The molecule has 3 aromatic carbocycles. The molecule has 0 saturated heterocycles. The summed E-state index contributed by atoms with van der Waals surface area (Å²) in [4.78, 5) is 38.2. The van der Waals surface area contributed by atoms with Gasteiger partial charge in [-0.2, -0.15) is 5.26 Å². The van der Waals surface area contributed by atoms with Crippen LogP contribution < -0.4 is 10.6 Å². The SMILES string of the molecule is N#C/C(C(=O)Nc1ccc2c(c1)C(=O)c1ccccc1C2=O)=C(\S)Nc1ccccc1. The molecule has 31 heavy (non-hydrogen) atoms. The number of carbonyl (C=O) groups excluding carboxylic acids is 3. The third-order valence-electron chi connectivity index (χ3n) is 4.80. The molecule has 150 valence electrons. The lowest BCUT2D eigenvalue weighted by atomic mass is 9.84. The number of nitrogens with one attached hydrogen (secondary N) is 2. The maximum atomic E-state index is 12.8. The van der Waals surface area contributed by atoms with Crippen molar-refractivity contribution in [3.8, 4) is 6.07 Å². The first kappa shape index (κ1) is 20.1. The van der Waals surface area contributed by atoms with E-state index in [9.17, 15) is 19.6 Å². The van der Waals surface area contributed by atoms with Crippen LogP contribution in [0.15, 0.2) is 83.4 Å². The third kappa shape index (κ3) is 3.84. The predicted molar refractivity (Wildman–Crippen MR) is 120 cm³/mol. The Balaban J connectivity index is 1.61. The fraction of sp³-hybridized carbons (Fsp3) is 0. The van der Waals surface area contributed by atoms with Crippen molar-refractivity contribution in [2.24, 2.45) is 0 Å². The van der Waals surface area contributed by atoms with Gasteiger partial charge >= 0.3 is 0 Å². The molecule has 0 unspecified atom stereocenters. The summed E-state index contributed by atoms with van der Waals surface area (Å²) >= 11 is 4.25. The topological polar surface area (TPSA) is 99.1 Å². The van der Waals surface area contributed by atoms with Crippen LogP contribution in [0.5, 0.6) is 0 Å². The maximum Gasteiger partial charge on any atom is 0.269 e. The molecule has 0 bridgehead atoms. The van der Waals surface area contributed by atoms with Gasteiger partial charge in [-0.25, -0.2) is 0 Å². The minimum Gasteiger partial charge on any atom is -0.349 e. The van der Waals surface area contributed by atoms with E-state index in [0.29, 0.717) is 16.8 Å². The number of anilines is 2. The van der Waals surface area contributed by atoms with E-state index in [1.165, 1.54) is 18.2 Å². The fourth-order valence-corrected chi connectivity index (χ4v) is 3.58. The quantitative estimate of drug-likeness (QED) is 0.259. The summed E-state index contributed by atoms with van der Waals surface area (Å²) in [5, 5.41) is 15.0. The van der Waals surface area contributed by atoms with Crippen LogP contribution in [-0.4, -0.2) is 17.5 Å². The highest BCUT2D eigenvalue weighted by molar-refractivity contribution is 7.84. The van der Waals surface area contributed by atoms with E-state index in [4.69, 9.17) is 0 Å². The van der Waals surface area contributed by atoms with Crippen LogP contribution in [-0.2, 0) is 4.79 Å². The summed E-state index contributed by atoms with van der Waals surface area (Å²) in [7, 11) is 0. The first-order valence-electron chi connectivity index (χ1n) is 9.29. The van der Waals surface area contributed by atoms with Crippen LogP contribution >= 0.6 is 12.6 Å². The van der Waals surface area contributed by atoms with Gasteiger partial charge in [0, 0.05) is 33.6 Å². The first-order chi connectivity index (χ1) is 15.0. The van der Waals surface area contributed by atoms with Crippen molar-refractivity contribution in [1.29, 1.82) is 5.26 Å². The van der Waals surface area contributed by atoms with Crippen LogP contribution in [0.1, 0.15) is 31.8 Å². The lowest BCUT2D eigenvalue weighted by Gasteiger charge is -2.18. The zero-order valence-corrected chi connectivity index (χ0v) is 16.9. The van der Waals surface area contributed by atoms with Crippen molar-refractivity contribution in [3.05, 3.63) is 106 Å². The largest absolute Gasteiger partial charge is 0.349 e. The summed E-state index contributed by atoms with van der Waals surface area (Å²) < 4.78 is 0. The van der Waals surface area contributed by atoms with Crippen molar-refractivity contribution in [2.45, 2.75) is 0 Å². The highest BCUT2D eigenvalue weighted by Crippen LogP contribution is 2.29. The van der Waals surface area contributed by atoms with Gasteiger partial charge in [0.05, 0.1) is 5.03 Å². The number of nitrogens with zero attached hydrogens (tertiary/aromatic N) is 1. The highest BCUT2D eigenvalue weighted by atomic mass is 32.1. The Morgan fingerprint density at radius 2 is 1.32 bits per heavy atom. The molecule has 1 aliphatic carbocycles. The summed E-state index contributed by atoms with van der Waals surface area (Å²) in [6.07, 6.45) is 0. The number of fused-ring (bicyclic) bond motifs is 2. The second kappa shape index (κ2) is 8.30. The Bertz CT molecular complexity index is 1310. The molecule has 1 aliphatic rings. The van der Waals surface area contributed by atoms with Gasteiger partial charge in [0.15, 0.2) is 11.6 Å². The van der Waals surface area contributed by atoms with Gasteiger partial charge in [-0.1, -0.05) is 42.5 Å². The van der Waals surface area contributed by atoms with Crippen molar-refractivity contribution >= 4 is 41.5 Å². The monoisotopic (exact) mass is 425 g/mol. The predicted octanol–water partition coefficient (Wildman–Crippen LogP) is 4.18. The van der Waals surface area contributed by atoms with E-state index in [0.717, 1.165) is 0 Å². The Morgan fingerprint density at radius 3 is 1.97 bits per heavy atom. The molecule has 0 saturated carbocycles. The number of rotatable bonds is 4. The molecule has 0 radical (unpaired) electrons. The van der Waals surface area contributed by atoms with E-state index >= 15 is 0 Å². The summed E-state index contributed by atoms with van der Waals surface area (Å²) in [6.45, 7) is 0. The highest BCUT2D eigenvalue weighted by Gasteiger charge is 2.29. The molecule has 0 heterocycles. The molecule has 3 aromatic rings. The van der Waals surface area contributed by atoms with Crippen molar-refractivity contribution < 1.29 is 14.4 Å². The van der Waals surface area contributed by atoms with E-state index < -0.39 is 5.91 Å². The van der Waals surface area contributed by atoms with Crippen molar-refractivity contribution in [2.75, 3.05) is 10.6 Å². The van der Waals surface area contributed by atoms with Crippen LogP contribution in [0, 0.1) is 11.3 Å². The van der Waals surface area contributed by atoms with E-state index in [-0.39, 0.29) is 39.0 Å². The summed E-state index contributed by atoms with van der Waals surface area (Å²) in [5.41, 5.74) is 1.90. The lowest BCUT2D eigenvalue weighted by Crippen LogP contribution is -2.22. The zero-order chi connectivity index (χ0) is 22.0. The molecule has 2 N–H and O–H groups in total. The number of thiol groups is 1. The number of nitriles is 1. The average molecular weight is 425 g/mol. The van der Waals surface area contributed by atoms with Crippen LogP contribution in [0.4, 0.5) is 11.4 Å². The normalized spacial score (nSPS) is 12.8. The van der Waals surface area contributed by atoms with Crippen molar-refractivity contribution in [1.82, 2.24) is 0 Å². The smallest absolute Gasteiger partial charge is 0.269 e. The van der Waals surface area contributed by atoms with Gasteiger partial charge < -0.3 is 10.6 Å². The number of para-hydroxylation sites is 1. The standard InChI is InChI=1S/C24H15N3O3S/c25-13-20(24(31)27-14-6-2-1-3-7-14)23(30)26-15-10-11-18-19(12-15)22(29)17-9-5-4-8-16(17)21(18)28/h1-12,27,31H,(H,26,30)/b24-20+. The second-order valence-electron chi connectivity index (χ2n) is 6.74. The molecular formula is C24H15N3O3S. The fourth-order valence-electron chi connectivity index (χ4n) is 3.30. The van der Waals surface area contributed by atoms with Gasteiger partial charge in [-0.15, -0.1) is 12.6 Å². The summed E-state index contributed by atoms with van der Waals surface area (Å²) in [5.74, 6) is -1.23. The Labute approximate surface area is 183 Å². The van der Waals surface area contributed by atoms with Crippen LogP contribution in [0.25, 0.3) is 0 Å². The van der Waals surface area contributed by atoms with E-state index in [1.54, 1.807) is 48.5 Å². The number of carbonyl (C=O) groups is 3. The minimum absolute atomic E-state index is 0.0874. The van der Waals surface area contributed by atoms with Crippen LogP contribution in [0.3, 0.4) is 0 Å². The molecule has 6 nitrogen and oxygen atoms in total. The molecular weight excluding hydrogens is 410 g/mol. The van der Waals surface area contributed by atoms with Gasteiger partial charge in [-0.05, 0) is 30.3 Å². The molecule has 0 spiro atoms. The number of hydrogen-bond donors (Lipinski definition) is 3. The maximum absolute atomic E-state index is 12.8. The average Bonchev–Trinajstić information content (AvgIpc) is 2.78. The van der Waals surface area contributed by atoms with Gasteiger partial charge in [0.25, 0.3) is 5.91 Å². The zero-order valence-electron chi connectivity index (χ0n) is 16.0. The van der Waals surface area contributed by atoms with E-state index in [1.807, 2.05) is 12.1 Å². The van der Waals surface area contributed by atoms with Crippen molar-refractivity contribution in [3.63, 3.8) is 0 Å². The number of hydrogen-bond acceptors (Lipinski definition) is 6. The van der Waals surface area contributed by atoms with Gasteiger partial charge in [0.1, 0.15) is 11.6 Å². The number of ketones is 2. The molecule has 0 aliphatic heterocycles. The molecule has 0 fully saturated rings. The molecule has 1 amide bonds. The Hall–Kier alpha value is -4.15. The molecule has 0 atom stereocenters. The first-order valence-corrected chi connectivity index (χ1v) is 9.73. The number of amides is 1. The van der Waals surface area contributed by atoms with Crippen LogP contribution in [0.2, 0.25) is 0 Å². The molecule has 4 rings (SSSR count). The second-order valence-corrected chi connectivity index (χ2v) is 7.19. The third-order valence-corrected chi connectivity index (χ3v) is 5.13. The Kier molecular flexibility index (Phi) is 5.39. The number of benzene rings is 3. The van der Waals surface area contributed by atoms with E-state index in [2.05, 4.69) is 23.3 Å².